The highest BCUT2D eigenvalue weighted by Crippen LogP contribution is 2.54. The van der Waals surface area contributed by atoms with E-state index in [1.807, 2.05) is 6.07 Å². The fourth-order valence-corrected chi connectivity index (χ4v) is 3.93. The predicted molar refractivity (Wildman–Crippen MR) is 101 cm³/mol. The number of rotatable bonds is 5. The third-order valence-corrected chi connectivity index (χ3v) is 5.50. The molecule has 9 heteroatoms. The standard InChI is InChI=1S/C20H15ClF2N4O2/c21-14-4-11(5-16(28)15-2-1-10(7-24)8-26-15)3-13(18(14)23)20(9-22)12-6-17(12)29-19(25)27-20/h1-4,8,12,17H,5-6,9H2,(H2,25,27)/t12-,17+,20-/m0/s1. The van der Waals surface area contributed by atoms with Gasteiger partial charge in [0.05, 0.1) is 10.6 Å². The zero-order chi connectivity index (χ0) is 20.8. The number of carbonyl (C=O) groups excluding carboxylic acids is 1. The normalized spacial score (nSPS) is 24.7. The largest absolute Gasteiger partial charge is 0.462 e. The summed E-state index contributed by atoms with van der Waals surface area (Å²) >= 11 is 6.05. The van der Waals surface area contributed by atoms with Gasteiger partial charge in [0.1, 0.15) is 35.9 Å². The molecule has 0 saturated heterocycles. The maximum absolute atomic E-state index is 14.9. The number of nitrogens with zero attached hydrogens (tertiary/aromatic N) is 3. The van der Waals surface area contributed by atoms with Crippen LogP contribution in [-0.2, 0) is 16.7 Å². The number of carbonyl (C=O) groups is 1. The number of nitrogens with two attached hydrogens (primary N) is 1. The zero-order valence-corrected chi connectivity index (χ0v) is 15.8. The molecule has 29 heavy (non-hydrogen) atoms. The van der Waals surface area contributed by atoms with E-state index in [-0.39, 0.29) is 46.5 Å². The lowest BCUT2D eigenvalue weighted by Crippen LogP contribution is -2.40. The first-order valence-corrected chi connectivity index (χ1v) is 9.21. The summed E-state index contributed by atoms with van der Waals surface area (Å²) in [5.41, 5.74) is 4.98. The number of halogens is 3. The molecular weight excluding hydrogens is 402 g/mol. The molecule has 2 heterocycles. The molecule has 0 unspecified atom stereocenters. The van der Waals surface area contributed by atoms with Crippen molar-refractivity contribution in [3.05, 3.63) is 63.7 Å². The predicted octanol–water partition coefficient (Wildman–Crippen LogP) is 3.07. The molecule has 0 bridgehead atoms. The molecule has 1 aromatic carbocycles. The second-order valence-corrected chi connectivity index (χ2v) is 7.50. The minimum Gasteiger partial charge on any atom is -0.462 e. The molecule has 0 radical (unpaired) electrons. The van der Waals surface area contributed by atoms with Crippen LogP contribution in [0, 0.1) is 23.1 Å². The van der Waals surface area contributed by atoms with Crippen LogP contribution >= 0.6 is 11.6 Å². The molecule has 1 aliphatic heterocycles. The summed E-state index contributed by atoms with van der Waals surface area (Å²) in [6.45, 7) is -0.972. The van der Waals surface area contributed by atoms with Crippen LogP contribution < -0.4 is 5.73 Å². The number of amidine groups is 1. The van der Waals surface area contributed by atoms with Crippen molar-refractivity contribution in [2.45, 2.75) is 24.5 Å². The van der Waals surface area contributed by atoms with Gasteiger partial charge in [-0.3, -0.25) is 9.78 Å². The van der Waals surface area contributed by atoms with Crippen LogP contribution in [0.5, 0.6) is 0 Å². The Morgan fingerprint density at radius 3 is 2.90 bits per heavy atom. The number of benzene rings is 1. The first-order valence-electron chi connectivity index (χ1n) is 8.83. The lowest BCUT2D eigenvalue weighted by molar-refractivity contribution is 0.0988. The Bertz CT molecular complexity index is 1070. The van der Waals surface area contributed by atoms with Gasteiger partial charge in [0, 0.05) is 24.1 Å². The molecule has 148 valence electrons. The summed E-state index contributed by atoms with van der Waals surface area (Å²) < 4.78 is 34.4. The van der Waals surface area contributed by atoms with E-state index in [0.717, 1.165) is 0 Å². The maximum atomic E-state index is 14.9. The lowest BCUT2D eigenvalue weighted by Gasteiger charge is -2.31. The fraction of sp³-hybridized carbons (Fsp3) is 0.300. The minimum absolute atomic E-state index is 0.0400. The summed E-state index contributed by atoms with van der Waals surface area (Å²) in [6, 6.07) is 7.37. The van der Waals surface area contributed by atoms with Gasteiger partial charge in [0.25, 0.3) is 6.02 Å². The number of alkyl halides is 1. The fourth-order valence-electron chi connectivity index (χ4n) is 3.69. The summed E-state index contributed by atoms with van der Waals surface area (Å²) in [6.07, 6.45) is 1.36. The van der Waals surface area contributed by atoms with Crippen molar-refractivity contribution in [1.29, 1.82) is 5.26 Å². The summed E-state index contributed by atoms with van der Waals surface area (Å²) in [7, 11) is 0. The molecular formula is C20H15ClF2N4O2. The van der Waals surface area contributed by atoms with Crippen molar-refractivity contribution in [3.63, 3.8) is 0 Å². The zero-order valence-electron chi connectivity index (χ0n) is 15.0. The smallest absolute Gasteiger partial charge is 0.283 e. The van der Waals surface area contributed by atoms with E-state index in [2.05, 4.69) is 9.98 Å². The van der Waals surface area contributed by atoms with Crippen LogP contribution in [0.4, 0.5) is 8.78 Å². The Morgan fingerprint density at radius 2 is 2.24 bits per heavy atom. The Morgan fingerprint density at radius 1 is 1.45 bits per heavy atom. The van der Waals surface area contributed by atoms with Gasteiger partial charge >= 0.3 is 0 Å². The summed E-state index contributed by atoms with van der Waals surface area (Å²) in [5, 5.41) is 8.59. The van der Waals surface area contributed by atoms with Crippen LogP contribution in [-0.4, -0.2) is 29.6 Å². The summed E-state index contributed by atoms with van der Waals surface area (Å²) in [5.74, 6) is -1.49. The Kier molecular flexibility index (Phi) is 4.71. The molecule has 4 rings (SSSR count). The summed E-state index contributed by atoms with van der Waals surface area (Å²) in [4.78, 5) is 20.6. The van der Waals surface area contributed by atoms with Crippen molar-refractivity contribution < 1.29 is 18.3 Å². The van der Waals surface area contributed by atoms with E-state index >= 15 is 0 Å². The lowest BCUT2D eigenvalue weighted by atomic mass is 9.84. The average Bonchev–Trinajstić information content (AvgIpc) is 3.49. The van der Waals surface area contributed by atoms with Gasteiger partial charge in [-0.05, 0) is 36.2 Å². The van der Waals surface area contributed by atoms with Crippen LogP contribution in [0.15, 0.2) is 35.5 Å². The first kappa shape index (κ1) is 19.3. The Labute approximate surface area is 170 Å². The average molecular weight is 417 g/mol. The molecule has 0 spiro atoms. The van der Waals surface area contributed by atoms with E-state index in [1.165, 1.54) is 30.5 Å². The Hall–Kier alpha value is -3.05. The van der Waals surface area contributed by atoms with Gasteiger partial charge in [0.2, 0.25) is 0 Å². The molecule has 6 nitrogen and oxygen atoms in total. The van der Waals surface area contributed by atoms with Gasteiger partial charge in [-0.15, -0.1) is 0 Å². The van der Waals surface area contributed by atoms with E-state index in [0.29, 0.717) is 17.5 Å². The number of Topliss-reactive ketones (excluding diaryl/α,β-unsaturated/α-hetero) is 1. The van der Waals surface area contributed by atoms with E-state index in [9.17, 15) is 13.6 Å². The molecule has 3 atom stereocenters. The molecule has 2 N–H and O–H groups in total. The van der Waals surface area contributed by atoms with Crippen LogP contribution in [0.3, 0.4) is 0 Å². The third kappa shape index (κ3) is 3.32. The van der Waals surface area contributed by atoms with Crippen molar-refractivity contribution in [3.8, 4) is 6.07 Å². The molecule has 1 aliphatic carbocycles. The number of hydrogen-bond acceptors (Lipinski definition) is 6. The van der Waals surface area contributed by atoms with E-state index in [4.69, 9.17) is 27.3 Å². The van der Waals surface area contributed by atoms with Crippen LogP contribution in [0.1, 0.15) is 33.6 Å². The van der Waals surface area contributed by atoms with Crippen molar-refractivity contribution in [2.75, 3.05) is 6.67 Å². The molecule has 0 amide bonds. The molecule has 1 aromatic heterocycles. The number of pyridine rings is 1. The van der Waals surface area contributed by atoms with Crippen LogP contribution in [0.2, 0.25) is 5.02 Å². The molecule has 1 saturated carbocycles. The number of ketones is 1. The Balaban J connectivity index is 1.70. The second-order valence-electron chi connectivity index (χ2n) is 7.09. The first-order chi connectivity index (χ1) is 13.9. The number of aliphatic imine (C=N–C) groups is 1. The number of aromatic nitrogens is 1. The molecule has 2 aromatic rings. The van der Waals surface area contributed by atoms with Gasteiger partial charge < -0.3 is 10.5 Å². The van der Waals surface area contributed by atoms with Gasteiger partial charge in [-0.25, -0.2) is 13.8 Å². The van der Waals surface area contributed by atoms with Crippen LogP contribution in [0.25, 0.3) is 0 Å². The SMILES string of the molecule is N#Cc1ccc(C(=O)Cc2cc(Cl)c(F)c([C@@]3(CF)N=C(N)O[C@@H]4C[C@@H]43)c2)nc1. The number of hydrogen-bond donors (Lipinski definition) is 1. The van der Waals surface area contributed by atoms with Gasteiger partial charge in [-0.2, -0.15) is 5.26 Å². The van der Waals surface area contributed by atoms with E-state index in [1.54, 1.807) is 0 Å². The third-order valence-electron chi connectivity index (χ3n) is 5.23. The monoisotopic (exact) mass is 416 g/mol. The molecule has 2 aliphatic rings. The molecule has 1 fully saturated rings. The van der Waals surface area contributed by atoms with E-state index < -0.39 is 18.0 Å². The number of ether oxygens (including phenoxy) is 1. The van der Waals surface area contributed by atoms with Crippen molar-refractivity contribution >= 4 is 23.4 Å². The highest BCUT2D eigenvalue weighted by atomic mass is 35.5. The van der Waals surface area contributed by atoms with Gasteiger partial charge in [0.15, 0.2) is 5.78 Å². The number of fused-ring (bicyclic) bond motifs is 1. The number of nitriles is 1. The minimum atomic E-state index is -1.52. The topological polar surface area (TPSA) is 101 Å². The highest BCUT2D eigenvalue weighted by molar-refractivity contribution is 6.31. The van der Waals surface area contributed by atoms with Crippen molar-refractivity contribution in [2.24, 2.45) is 16.6 Å². The quantitative estimate of drug-likeness (QED) is 0.755. The van der Waals surface area contributed by atoms with Crippen molar-refractivity contribution in [1.82, 2.24) is 4.98 Å². The highest BCUT2D eigenvalue weighted by Gasteiger charge is 2.60. The maximum Gasteiger partial charge on any atom is 0.283 e. The second kappa shape index (κ2) is 7.08. The van der Waals surface area contributed by atoms with Gasteiger partial charge in [-0.1, -0.05) is 11.6 Å².